The van der Waals surface area contributed by atoms with E-state index in [1.165, 1.54) is 6.07 Å². The molecule has 0 amide bonds. The number of nitrogens with zero attached hydrogens (tertiary/aromatic N) is 2. The van der Waals surface area contributed by atoms with Crippen molar-refractivity contribution in [3.05, 3.63) is 55.1 Å². The molecule has 0 fully saturated rings. The Kier molecular flexibility index (Phi) is 3.31. The van der Waals surface area contributed by atoms with Gasteiger partial charge in [-0.2, -0.15) is 8.42 Å². The van der Waals surface area contributed by atoms with E-state index in [-0.39, 0.29) is 4.90 Å². The molecule has 0 unspecified atom stereocenters. The van der Waals surface area contributed by atoms with E-state index in [1.54, 1.807) is 52.3 Å². The Balaban J connectivity index is 2.37. The van der Waals surface area contributed by atoms with E-state index in [4.69, 9.17) is 4.55 Å². The normalized spacial score (nSPS) is 11.4. The van der Waals surface area contributed by atoms with Crippen molar-refractivity contribution in [3.8, 4) is 0 Å². The summed E-state index contributed by atoms with van der Waals surface area (Å²) in [5.41, 5.74) is 0.534. The number of hydrogen-bond donors (Lipinski definition) is 1. The van der Waals surface area contributed by atoms with E-state index in [1.807, 2.05) is 0 Å². The minimum Gasteiger partial charge on any atom is -0.282 e. The van der Waals surface area contributed by atoms with Gasteiger partial charge in [0.15, 0.2) is 0 Å². The van der Waals surface area contributed by atoms with Gasteiger partial charge in [-0.15, -0.1) is 0 Å². The summed E-state index contributed by atoms with van der Waals surface area (Å²) in [6.45, 7) is 3.98. The smallest absolute Gasteiger partial charge is 0.282 e. The summed E-state index contributed by atoms with van der Waals surface area (Å²) in [5, 5.41) is 0. The zero-order chi connectivity index (χ0) is 13.2. The number of aromatic nitrogens is 2. The first-order chi connectivity index (χ1) is 8.50. The fraction of sp³-hybridized carbons (Fsp3) is 0.0833. The molecular formula is C12H13N2O3S+. The van der Waals surface area contributed by atoms with Crippen LogP contribution in [0.1, 0.15) is 5.56 Å². The van der Waals surface area contributed by atoms with Gasteiger partial charge in [-0.3, -0.25) is 4.55 Å². The van der Waals surface area contributed by atoms with Crippen molar-refractivity contribution >= 4 is 16.3 Å². The molecule has 0 radical (unpaired) electrons. The first-order valence-electron chi connectivity index (χ1n) is 5.25. The van der Waals surface area contributed by atoms with Gasteiger partial charge in [0.25, 0.3) is 10.1 Å². The second kappa shape index (κ2) is 4.75. The van der Waals surface area contributed by atoms with Crippen LogP contribution in [0, 0.1) is 0 Å². The lowest BCUT2D eigenvalue weighted by molar-refractivity contribution is -0.687. The third kappa shape index (κ3) is 2.66. The highest BCUT2D eigenvalue weighted by Crippen LogP contribution is 2.14. The highest BCUT2D eigenvalue weighted by Gasteiger charge is 2.16. The van der Waals surface area contributed by atoms with E-state index in [0.717, 1.165) is 0 Å². The molecule has 5 nitrogen and oxygen atoms in total. The molecule has 0 atom stereocenters. The van der Waals surface area contributed by atoms with Crippen LogP contribution in [0.5, 0.6) is 0 Å². The number of benzene rings is 1. The van der Waals surface area contributed by atoms with Crippen molar-refractivity contribution in [3.63, 3.8) is 0 Å². The van der Waals surface area contributed by atoms with Gasteiger partial charge in [0.2, 0.25) is 6.33 Å². The van der Waals surface area contributed by atoms with Crippen molar-refractivity contribution in [2.45, 2.75) is 11.4 Å². The average molecular weight is 265 g/mol. The summed E-state index contributed by atoms with van der Waals surface area (Å²) in [5.74, 6) is 0. The molecule has 0 saturated carbocycles. The number of imidazole rings is 1. The molecule has 18 heavy (non-hydrogen) atoms. The molecular weight excluding hydrogens is 252 g/mol. The molecule has 0 aliphatic carbocycles. The standard InChI is InChI=1S/C12H12N2O3S/c1-2-13-7-8-14(10-13)9-11-5-3-4-6-12(11)18(15,16)17/h2-8,10H,1,9H2/p+1. The highest BCUT2D eigenvalue weighted by molar-refractivity contribution is 7.85. The van der Waals surface area contributed by atoms with E-state index < -0.39 is 10.1 Å². The van der Waals surface area contributed by atoms with Gasteiger partial charge in [0.05, 0.1) is 6.20 Å². The van der Waals surface area contributed by atoms with Crippen LogP contribution in [0.15, 0.2) is 54.5 Å². The van der Waals surface area contributed by atoms with E-state index in [9.17, 15) is 8.42 Å². The quantitative estimate of drug-likeness (QED) is 0.666. The summed E-state index contributed by atoms with van der Waals surface area (Å²) in [6, 6.07) is 6.36. The molecule has 1 heterocycles. The van der Waals surface area contributed by atoms with Crippen molar-refractivity contribution < 1.29 is 17.5 Å². The lowest BCUT2D eigenvalue weighted by atomic mass is 10.2. The fourth-order valence-corrected chi connectivity index (χ4v) is 2.41. The highest BCUT2D eigenvalue weighted by atomic mass is 32.2. The molecule has 0 aliphatic heterocycles. The maximum atomic E-state index is 11.2. The van der Waals surface area contributed by atoms with E-state index in [2.05, 4.69) is 6.58 Å². The minimum absolute atomic E-state index is 0.0659. The Bertz CT molecular complexity index is 674. The summed E-state index contributed by atoms with van der Waals surface area (Å²) < 4.78 is 35.1. The summed E-state index contributed by atoms with van der Waals surface area (Å²) in [7, 11) is -4.19. The SMILES string of the molecule is C=Cn1cc[n+](Cc2ccccc2S(=O)(=O)O)c1. The van der Waals surface area contributed by atoms with E-state index >= 15 is 0 Å². The molecule has 2 rings (SSSR count). The summed E-state index contributed by atoms with van der Waals surface area (Å²) in [6.07, 6.45) is 6.99. The third-order valence-electron chi connectivity index (χ3n) is 2.53. The van der Waals surface area contributed by atoms with Crippen molar-refractivity contribution in [2.75, 3.05) is 0 Å². The second-order valence-electron chi connectivity index (χ2n) is 3.80. The van der Waals surface area contributed by atoms with Crippen molar-refractivity contribution in [2.24, 2.45) is 0 Å². The van der Waals surface area contributed by atoms with Crippen LogP contribution in [-0.2, 0) is 16.7 Å². The average Bonchev–Trinajstić information content (AvgIpc) is 2.76. The zero-order valence-electron chi connectivity index (χ0n) is 9.60. The Morgan fingerprint density at radius 2 is 2.11 bits per heavy atom. The Morgan fingerprint density at radius 1 is 1.39 bits per heavy atom. The predicted octanol–water partition coefficient (Wildman–Crippen LogP) is 1.17. The molecule has 1 N–H and O–H groups in total. The van der Waals surface area contributed by atoms with Gasteiger partial charge in [-0.25, -0.2) is 9.13 Å². The molecule has 94 valence electrons. The van der Waals surface area contributed by atoms with Gasteiger partial charge < -0.3 is 0 Å². The monoisotopic (exact) mass is 265 g/mol. The summed E-state index contributed by atoms with van der Waals surface area (Å²) in [4.78, 5) is -0.0659. The van der Waals surface area contributed by atoms with Crippen LogP contribution in [0.2, 0.25) is 0 Å². The van der Waals surface area contributed by atoms with Crippen LogP contribution in [-0.4, -0.2) is 17.5 Å². The molecule has 0 aliphatic rings. The lowest BCUT2D eigenvalue weighted by Gasteiger charge is -2.04. The predicted molar refractivity (Wildman–Crippen MR) is 66.4 cm³/mol. The molecule has 1 aromatic carbocycles. The maximum Gasteiger partial charge on any atom is 0.294 e. The van der Waals surface area contributed by atoms with Crippen molar-refractivity contribution in [1.29, 1.82) is 0 Å². The van der Waals surface area contributed by atoms with Crippen LogP contribution in [0.3, 0.4) is 0 Å². The van der Waals surface area contributed by atoms with Gasteiger partial charge in [0, 0.05) is 5.56 Å². The van der Waals surface area contributed by atoms with Crippen LogP contribution in [0.4, 0.5) is 0 Å². The molecule has 2 aromatic rings. The molecule has 1 aromatic heterocycles. The largest absolute Gasteiger partial charge is 0.294 e. The zero-order valence-corrected chi connectivity index (χ0v) is 10.4. The fourth-order valence-electron chi connectivity index (χ4n) is 1.70. The van der Waals surface area contributed by atoms with Crippen LogP contribution < -0.4 is 4.57 Å². The Morgan fingerprint density at radius 3 is 2.72 bits per heavy atom. The Hall–Kier alpha value is -1.92. The van der Waals surface area contributed by atoms with Gasteiger partial charge in [-0.05, 0) is 6.07 Å². The molecule has 6 heteroatoms. The maximum absolute atomic E-state index is 11.2. The lowest BCUT2D eigenvalue weighted by Crippen LogP contribution is -2.32. The third-order valence-corrected chi connectivity index (χ3v) is 3.48. The second-order valence-corrected chi connectivity index (χ2v) is 5.19. The van der Waals surface area contributed by atoms with Gasteiger partial charge in [-0.1, -0.05) is 24.8 Å². The van der Waals surface area contributed by atoms with Crippen LogP contribution >= 0.6 is 0 Å². The number of hydrogen-bond acceptors (Lipinski definition) is 2. The van der Waals surface area contributed by atoms with Gasteiger partial charge >= 0.3 is 0 Å². The van der Waals surface area contributed by atoms with Crippen molar-refractivity contribution in [1.82, 2.24) is 4.57 Å². The van der Waals surface area contributed by atoms with Gasteiger partial charge in [0.1, 0.15) is 23.8 Å². The minimum atomic E-state index is -4.19. The first-order valence-corrected chi connectivity index (χ1v) is 6.69. The van der Waals surface area contributed by atoms with E-state index in [0.29, 0.717) is 12.1 Å². The Labute approximate surface area is 105 Å². The molecule has 0 bridgehead atoms. The first kappa shape index (κ1) is 12.5. The van der Waals surface area contributed by atoms with Crippen LogP contribution in [0.25, 0.3) is 6.20 Å². The number of rotatable bonds is 4. The topological polar surface area (TPSA) is 63.2 Å². The molecule has 0 saturated heterocycles. The molecule has 0 spiro atoms. The summed E-state index contributed by atoms with van der Waals surface area (Å²) >= 11 is 0.